The zero-order chi connectivity index (χ0) is 18.5. The van der Waals surface area contributed by atoms with Crippen LogP contribution in [-0.4, -0.2) is 31.0 Å². The molecule has 1 saturated heterocycles. The van der Waals surface area contributed by atoms with Gasteiger partial charge in [-0.1, -0.05) is 29.8 Å². The zero-order valence-corrected chi connectivity index (χ0v) is 15.4. The predicted molar refractivity (Wildman–Crippen MR) is 100 cm³/mol. The molecule has 5 nitrogen and oxygen atoms in total. The summed E-state index contributed by atoms with van der Waals surface area (Å²) in [5.74, 6) is 0.384. The number of carbonyl (C=O) groups excluding carboxylic acids is 2. The summed E-state index contributed by atoms with van der Waals surface area (Å²) in [5, 5.41) is 2.66. The van der Waals surface area contributed by atoms with Crippen LogP contribution in [0.4, 0.5) is 5.69 Å². The Morgan fingerprint density at radius 2 is 1.88 bits per heavy atom. The highest BCUT2D eigenvalue weighted by Crippen LogP contribution is 2.24. The predicted octanol–water partition coefficient (Wildman–Crippen LogP) is 2.18. The first-order chi connectivity index (χ1) is 12.6. The average Bonchev–Trinajstić information content (AvgIpc) is 2.91. The van der Waals surface area contributed by atoms with Crippen molar-refractivity contribution in [3.63, 3.8) is 0 Å². The first kappa shape index (κ1) is 18.4. The summed E-state index contributed by atoms with van der Waals surface area (Å²) in [6.07, 6.45) is 0.968. The fourth-order valence-electron chi connectivity index (χ4n) is 3.11. The van der Waals surface area contributed by atoms with E-state index in [1.165, 1.54) is 4.90 Å². The van der Waals surface area contributed by atoms with E-state index in [9.17, 15) is 9.59 Å². The lowest BCUT2D eigenvalue weighted by Gasteiger charge is -2.15. The van der Waals surface area contributed by atoms with Crippen LogP contribution in [0.1, 0.15) is 18.9 Å². The molecule has 1 heterocycles. The Labute approximate surface area is 157 Å². The maximum Gasteiger partial charge on any atom is 0.292 e. The molecule has 26 heavy (non-hydrogen) atoms. The van der Waals surface area contributed by atoms with Gasteiger partial charge in [-0.05, 0) is 42.8 Å². The minimum atomic E-state index is -0.378. The highest BCUT2D eigenvalue weighted by Gasteiger charge is 2.42. The van der Waals surface area contributed by atoms with E-state index in [0.717, 1.165) is 22.8 Å². The first-order valence-electron chi connectivity index (χ1n) is 8.76. The second kappa shape index (κ2) is 8.34. The molecule has 0 saturated carbocycles. The summed E-state index contributed by atoms with van der Waals surface area (Å²) in [6.45, 7) is 3.18. The van der Waals surface area contributed by atoms with Crippen molar-refractivity contribution in [3.8, 4) is 5.75 Å². The van der Waals surface area contributed by atoms with E-state index in [4.69, 9.17) is 16.3 Å². The van der Waals surface area contributed by atoms with Gasteiger partial charge in [-0.2, -0.15) is 0 Å². The topological polar surface area (TPSA) is 63.2 Å². The molecule has 0 aromatic heterocycles. The van der Waals surface area contributed by atoms with Crippen molar-refractivity contribution in [2.24, 2.45) is 0 Å². The number of benzene rings is 2. The number of amides is 2. The second-order valence-electron chi connectivity index (χ2n) is 6.17. The quantitative estimate of drug-likeness (QED) is 0.756. The van der Waals surface area contributed by atoms with Crippen LogP contribution < -0.4 is 15.0 Å². The number of nitrogens with zero attached hydrogens (tertiary/aromatic N) is 1. The molecule has 1 aliphatic heterocycles. The number of ether oxygens (including phenoxy) is 1. The highest BCUT2D eigenvalue weighted by molar-refractivity contribution is 6.31. The van der Waals surface area contributed by atoms with Gasteiger partial charge >= 0.3 is 0 Å². The Morgan fingerprint density at radius 1 is 1.15 bits per heavy atom. The van der Waals surface area contributed by atoms with Gasteiger partial charge in [0.25, 0.3) is 5.91 Å². The van der Waals surface area contributed by atoms with Crippen molar-refractivity contribution in [3.05, 3.63) is 59.1 Å². The number of hydrogen-bond acceptors (Lipinski definition) is 3. The highest BCUT2D eigenvalue weighted by atomic mass is 35.5. The monoisotopic (exact) mass is 373 g/mol. The normalized spacial score (nSPS) is 17.0. The van der Waals surface area contributed by atoms with Crippen molar-refractivity contribution in [1.82, 2.24) is 0 Å². The third kappa shape index (κ3) is 4.06. The zero-order valence-electron chi connectivity index (χ0n) is 14.7. The largest absolute Gasteiger partial charge is 0.494 e. The van der Waals surface area contributed by atoms with E-state index >= 15 is 0 Å². The smallest absolute Gasteiger partial charge is 0.292 e. The van der Waals surface area contributed by atoms with Crippen LogP contribution in [0.5, 0.6) is 5.75 Å². The summed E-state index contributed by atoms with van der Waals surface area (Å²) >= 11 is 6.16. The molecular formula is C20H22ClN2O3+. The van der Waals surface area contributed by atoms with Crippen LogP contribution in [0.3, 0.4) is 0 Å². The lowest BCUT2D eigenvalue weighted by Crippen LogP contribution is -2.92. The molecule has 0 aliphatic carbocycles. The van der Waals surface area contributed by atoms with Crippen LogP contribution in [0.15, 0.2) is 48.5 Å². The Hall–Kier alpha value is -2.37. The number of carbonyl (C=O) groups is 2. The van der Waals surface area contributed by atoms with Gasteiger partial charge in [0, 0.05) is 11.4 Å². The van der Waals surface area contributed by atoms with Crippen molar-refractivity contribution in [1.29, 1.82) is 0 Å². The number of anilines is 1. The molecule has 1 aliphatic rings. The van der Waals surface area contributed by atoms with Crippen LogP contribution >= 0.6 is 11.6 Å². The van der Waals surface area contributed by atoms with Crippen LogP contribution in [0.2, 0.25) is 5.02 Å². The molecule has 1 atom stereocenters. The molecule has 2 N–H and O–H groups in total. The molecule has 2 aromatic rings. The SMILES string of the molecule is CCOc1ccc(N2C(=O)C[C@@H]([NH2+]CCc3ccccc3Cl)C2=O)cc1. The standard InChI is InChI=1S/C20H21ClN2O3/c1-2-26-16-9-7-15(8-10-16)23-19(24)13-18(20(23)25)22-12-11-14-5-3-4-6-17(14)21/h3-10,18,22H,2,11-13H2,1H3/p+1/t18-/m1/s1. The Morgan fingerprint density at radius 3 is 2.58 bits per heavy atom. The van der Waals surface area contributed by atoms with E-state index in [-0.39, 0.29) is 24.3 Å². The van der Waals surface area contributed by atoms with Crippen molar-refractivity contribution in [2.45, 2.75) is 25.8 Å². The van der Waals surface area contributed by atoms with Gasteiger partial charge in [-0.3, -0.25) is 9.59 Å². The fraction of sp³-hybridized carbons (Fsp3) is 0.300. The van der Waals surface area contributed by atoms with Gasteiger partial charge in [0.15, 0.2) is 6.04 Å². The molecule has 3 rings (SSSR count). The molecule has 0 bridgehead atoms. The molecule has 1 fully saturated rings. The third-order valence-electron chi connectivity index (χ3n) is 4.41. The van der Waals surface area contributed by atoms with Gasteiger partial charge in [-0.15, -0.1) is 0 Å². The Kier molecular flexibility index (Phi) is 5.91. The average molecular weight is 374 g/mol. The van der Waals surface area contributed by atoms with E-state index < -0.39 is 0 Å². The molecule has 6 heteroatoms. The Bertz CT molecular complexity index is 792. The van der Waals surface area contributed by atoms with Crippen molar-refractivity contribution < 1.29 is 19.6 Å². The van der Waals surface area contributed by atoms with Crippen LogP contribution in [-0.2, 0) is 16.0 Å². The summed E-state index contributed by atoms with van der Waals surface area (Å²) < 4.78 is 5.40. The summed E-state index contributed by atoms with van der Waals surface area (Å²) in [5.41, 5.74) is 1.64. The van der Waals surface area contributed by atoms with Crippen molar-refractivity contribution in [2.75, 3.05) is 18.1 Å². The number of quaternary nitrogens is 1. The number of imide groups is 1. The number of hydrogen-bond donors (Lipinski definition) is 1. The summed E-state index contributed by atoms with van der Waals surface area (Å²) in [7, 11) is 0. The summed E-state index contributed by atoms with van der Waals surface area (Å²) in [6, 6.07) is 14.3. The molecule has 0 unspecified atom stereocenters. The maximum atomic E-state index is 12.7. The lowest BCUT2D eigenvalue weighted by molar-refractivity contribution is -0.674. The van der Waals surface area contributed by atoms with E-state index in [1.807, 2.05) is 36.5 Å². The molecule has 136 valence electrons. The number of nitrogens with two attached hydrogens (primary N) is 1. The van der Waals surface area contributed by atoms with Gasteiger partial charge < -0.3 is 10.1 Å². The minimum absolute atomic E-state index is 0.168. The second-order valence-corrected chi connectivity index (χ2v) is 6.58. The third-order valence-corrected chi connectivity index (χ3v) is 4.78. The number of halogens is 1. The van der Waals surface area contributed by atoms with Crippen molar-refractivity contribution >= 4 is 29.1 Å². The fourth-order valence-corrected chi connectivity index (χ4v) is 3.34. The maximum absolute atomic E-state index is 12.7. The molecule has 2 aromatic carbocycles. The van der Waals surface area contributed by atoms with Gasteiger partial charge in [0.05, 0.1) is 25.3 Å². The molecule has 0 spiro atoms. The Balaban J connectivity index is 1.60. The molecule has 0 radical (unpaired) electrons. The van der Waals surface area contributed by atoms with Crippen LogP contribution in [0, 0.1) is 0 Å². The van der Waals surface area contributed by atoms with E-state index in [2.05, 4.69) is 0 Å². The van der Waals surface area contributed by atoms with E-state index in [0.29, 0.717) is 18.8 Å². The first-order valence-corrected chi connectivity index (χ1v) is 9.14. The van der Waals surface area contributed by atoms with Gasteiger partial charge in [0.1, 0.15) is 5.75 Å². The molecular weight excluding hydrogens is 352 g/mol. The number of rotatable bonds is 7. The van der Waals surface area contributed by atoms with Gasteiger partial charge in [0.2, 0.25) is 5.91 Å². The minimum Gasteiger partial charge on any atom is -0.494 e. The summed E-state index contributed by atoms with van der Waals surface area (Å²) in [4.78, 5) is 26.2. The lowest BCUT2D eigenvalue weighted by atomic mass is 10.1. The van der Waals surface area contributed by atoms with E-state index in [1.54, 1.807) is 24.3 Å². The van der Waals surface area contributed by atoms with Gasteiger partial charge in [-0.25, -0.2) is 4.90 Å². The van der Waals surface area contributed by atoms with Crippen LogP contribution in [0.25, 0.3) is 0 Å². The molecule has 2 amide bonds.